The van der Waals surface area contributed by atoms with E-state index in [2.05, 4.69) is 4.98 Å². The number of Topliss-reactive ketones (excluding diaryl/α,β-unsaturated/α-hetero) is 1. The maximum Gasteiger partial charge on any atom is 0.173 e. The first-order valence-electron chi connectivity index (χ1n) is 3.55. The molecule has 5 heteroatoms. The first-order chi connectivity index (χ1) is 5.65. The van der Waals surface area contributed by atoms with Crippen molar-refractivity contribution in [2.24, 2.45) is 0 Å². The first kappa shape index (κ1) is 9.54. The summed E-state index contributed by atoms with van der Waals surface area (Å²) in [5.74, 6) is 1.31. The summed E-state index contributed by atoms with van der Waals surface area (Å²) in [5.41, 5.74) is 5.54. The molecule has 12 heavy (non-hydrogen) atoms. The Morgan fingerprint density at radius 3 is 2.83 bits per heavy atom. The van der Waals surface area contributed by atoms with Crippen LogP contribution in [-0.2, 0) is 0 Å². The molecule has 1 heterocycles. The maximum absolute atomic E-state index is 11.0. The number of aromatic nitrogens is 1. The molecule has 0 radical (unpaired) electrons. The van der Waals surface area contributed by atoms with E-state index < -0.39 is 0 Å². The summed E-state index contributed by atoms with van der Waals surface area (Å²) in [6, 6.07) is 0. The van der Waals surface area contributed by atoms with Gasteiger partial charge in [-0.15, -0.1) is 11.3 Å². The lowest BCUT2D eigenvalue weighted by Crippen LogP contribution is -1.94. The lowest BCUT2D eigenvalue weighted by atomic mass is 10.4. The van der Waals surface area contributed by atoms with Crippen LogP contribution in [-0.4, -0.2) is 16.5 Å². The Labute approximate surface area is 79.4 Å². The second-order valence-corrected chi connectivity index (χ2v) is 4.69. The minimum atomic E-state index is -0.00652. The standard InChI is InChI=1S/C7H10N2OS2/c1-3-11-7-9-6(8)5(12-7)4(2)10/h3,8H2,1-2H3. The van der Waals surface area contributed by atoms with Crippen LogP contribution in [0.25, 0.3) is 0 Å². The number of nitrogen functional groups attached to an aromatic ring is 1. The van der Waals surface area contributed by atoms with Crippen LogP contribution in [0.3, 0.4) is 0 Å². The average molecular weight is 202 g/mol. The molecule has 0 spiro atoms. The Kier molecular flexibility index (Phi) is 3.11. The highest BCUT2D eigenvalue weighted by Crippen LogP contribution is 2.28. The third-order valence-electron chi connectivity index (χ3n) is 1.22. The summed E-state index contributed by atoms with van der Waals surface area (Å²) >= 11 is 2.97. The molecule has 1 aromatic heterocycles. The number of nitrogens with zero attached hydrogens (tertiary/aromatic N) is 1. The van der Waals surface area contributed by atoms with Gasteiger partial charge in [-0.3, -0.25) is 4.79 Å². The van der Waals surface area contributed by atoms with Gasteiger partial charge < -0.3 is 5.73 Å². The quantitative estimate of drug-likeness (QED) is 0.602. The molecule has 1 rings (SSSR count). The van der Waals surface area contributed by atoms with Crippen molar-refractivity contribution in [2.45, 2.75) is 18.2 Å². The minimum absolute atomic E-state index is 0.00652. The van der Waals surface area contributed by atoms with Crippen LogP contribution < -0.4 is 5.73 Å². The van der Waals surface area contributed by atoms with Gasteiger partial charge in [0, 0.05) is 6.92 Å². The number of thiazole rings is 1. The van der Waals surface area contributed by atoms with E-state index in [-0.39, 0.29) is 5.78 Å². The van der Waals surface area contributed by atoms with Crippen molar-refractivity contribution in [3.8, 4) is 0 Å². The summed E-state index contributed by atoms with van der Waals surface area (Å²) < 4.78 is 0.875. The Bertz CT molecular complexity index is 296. The van der Waals surface area contributed by atoms with E-state index in [4.69, 9.17) is 5.73 Å². The van der Waals surface area contributed by atoms with E-state index in [0.29, 0.717) is 10.7 Å². The monoisotopic (exact) mass is 202 g/mol. The lowest BCUT2D eigenvalue weighted by Gasteiger charge is -1.86. The van der Waals surface area contributed by atoms with E-state index in [0.717, 1.165) is 10.1 Å². The van der Waals surface area contributed by atoms with Crippen molar-refractivity contribution in [3.63, 3.8) is 0 Å². The van der Waals surface area contributed by atoms with Gasteiger partial charge in [0.15, 0.2) is 10.1 Å². The number of hydrogen-bond acceptors (Lipinski definition) is 5. The van der Waals surface area contributed by atoms with Crippen LogP contribution in [0.5, 0.6) is 0 Å². The highest BCUT2D eigenvalue weighted by atomic mass is 32.2. The average Bonchev–Trinajstić information content (AvgIpc) is 2.32. The lowest BCUT2D eigenvalue weighted by molar-refractivity contribution is 0.102. The molecule has 0 fully saturated rings. The fourth-order valence-corrected chi connectivity index (χ4v) is 2.61. The molecule has 0 amide bonds. The molecule has 2 N–H and O–H groups in total. The van der Waals surface area contributed by atoms with E-state index >= 15 is 0 Å². The molecule has 0 aliphatic carbocycles. The Hall–Kier alpha value is -0.550. The van der Waals surface area contributed by atoms with Crippen LogP contribution in [0.2, 0.25) is 0 Å². The zero-order valence-corrected chi connectivity index (χ0v) is 8.59. The number of hydrogen-bond donors (Lipinski definition) is 1. The predicted molar refractivity (Wildman–Crippen MR) is 52.9 cm³/mol. The number of ketones is 1. The van der Waals surface area contributed by atoms with E-state index in [1.54, 1.807) is 11.8 Å². The molecule has 0 aromatic carbocycles. The van der Waals surface area contributed by atoms with Gasteiger partial charge in [0.1, 0.15) is 10.7 Å². The largest absolute Gasteiger partial charge is 0.382 e. The van der Waals surface area contributed by atoms with Crippen molar-refractivity contribution in [2.75, 3.05) is 11.5 Å². The molecule has 0 unspecified atom stereocenters. The Morgan fingerprint density at radius 1 is 1.75 bits per heavy atom. The van der Waals surface area contributed by atoms with Gasteiger partial charge in [-0.1, -0.05) is 18.7 Å². The molecule has 0 aliphatic rings. The first-order valence-corrected chi connectivity index (χ1v) is 5.35. The highest BCUT2D eigenvalue weighted by Gasteiger charge is 2.11. The zero-order chi connectivity index (χ0) is 9.14. The van der Waals surface area contributed by atoms with Crippen LogP contribution in [0.1, 0.15) is 23.5 Å². The second kappa shape index (κ2) is 3.91. The summed E-state index contributed by atoms with van der Waals surface area (Å²) in [5, 5.41) is 0. The third kappa shape index (κ3) is 1.98. The minimum Gasteiger partial charge on any atom is -0.382 e. The maximum atomic E-state index is 11.0. The van der Waals surface area contributed by atoms with E-state index in [1.807, 2.05) is 6.92 Å². The second-order valence-electron chi connectivity index (χ2n) is 2.18. The molecule has 0 atom stereocenters. The van der Waals surface area contributed by atoms with Gasteiger partial charge in [0.25, 0.3) is 0 Å². The molecule has 0 saturated carbocycles. The summed E-state index contributed by atoms with van der Waals surface area (Å²) in [6.45, 7) is 3.54. The van der Waals surface area contributed by atoms with Gasteiger partial charge in [0.05, 0.1) is 0 Å². The zero-order valence-electron chi connectivity index (χ0n) is 6.96. The number of nitrogens with two attached hydrogens (primary N) is 1. The van der Waals surface area contributed by atoms with E-state index in [1.165, 1.54) is 18.3 Å². The van der Waals surface area contributed by atoms with Crippen LogP contribution in [0, 0.1) is 0 Å². The van der Waals surface area contributed by atoms with Gasteiger partial charge in [-0.25, -0.2) is 4.98 Å². The molecule has 0 saturated heterocycles. The number of thioether (sulfide) groups is 1. The molecule has 0 bridgehead atoms. The number of carbonyl (C=O) groups excluding carboxylic acids is 1. The van der Waals surface area contributed by atoms with Crippen LogP contribution >= 0.6 is 23.1 Å². The summed E-state index contributed by atoms with van der Waals surface area (Å²) in [4.78, 5) is 15.6. The van der Waals surface area contributed by atoms with Gasteiger partial charge in [-0.05, 0) is 5.75 Å². The smallest absolute Gasteiger partial charge is 0.173 e. The molecule has 3 nitrogen and oxygen atoms in total. The van der Waals surface area contributed by atoms with Crippen LogP contribution in [0.15, 0.2) is 4.34 Å². The highest BCUT2D eigenvalue weighted by molar-refractivity contribution is 8.01. The van der Waals surface area contributed by atoms with Crippen molar-refractivity contribution in [3.05, 3.63) is 4.88 Å². The SMILES string of the molecule is CCSc1nc(N)c(C(C)=O)s1. The Morgan fingerprint density at radius 2 is 2.42 bits per heavy atom. The number of rotatable bonds is 3. The summed E-state index contributed by atoms with van der Waals surface area (Å²) in [6.07, 6.45) is 0. The molecule has 0 aliphatic heterocycles. The molecular weight excluding hydrogens is 192 g/mol. The molecular formula is C7H10N2OS2. The van der Waals surface area contributed by atoms with Gasteiger partial charge >= 0.3 is 0 Å². The number of carbonyl (C=O) groups is 1. The fraction of sp³-hybridized carbons (Fsp3) is 0.429. The molecule has 1 aromatic rings. The predicted octanol–water partition coefficient (Wildman–Crippen LogP) is 2.04. The topological polar surface area (TPSA) is 56.0 Å². The fourth-order valence-electron chi connectivity index (χ4n) is 0.749. The van der Waals surface area contributed by atoms with Crippen LogP contribution in [0.4, 0.5) is 5.82 Å². The Balaban J connectivity index is 2.92. The summed E-state index contributed by atoms with van der Waals surface area (Å²) in [7, 11) is 0. The normalized spacial score (nSPS) is 10.2. The molecule has 66 valence electrons. The van der Waals surface area contributed by atoms with Crippen molar-refractivity contribution < 1.29 is 4.79 Å². The van der Waals surface area contributed by atoms with Gasteiger partial charge in [-0.2, -0.15) is 0 Å². The van der Waals surface area contributed by atoms with Crippen molar-refractivity contribution in [1.82, 2.24) is 4.98 Å². The third-order valence-corrected chi connectivity index (χ3v) is 3.42. The van der Waals surface area contributed by atoms with Crippen molar-refractivity contribution in [1.29, 1.82) is 0 Å². The van der Waals surface area contributed by atoms with Gasteiger partial charge in [0.2, 0.25) is 0 Å². The van der Waals surface area contributed by atoms with Crippen molar-refractivity contribution >= 4 is 34.7 Å². The number of anilines is 1. The van der Waals surface area contributed by atoms with E-state index in [9.17, 15) is 4.79 Å².